The third kappa shape index (κ3) is 5.24. The van der Waals surface area contributed by atoms with E-state index < -0.39 is 5.91 Å². The van der Waals surface area contributed by atoms with Crippen molar-refractivity contribution in [1.29, 1.82) is 0 Å². The number of para-hydroxylation sites is 1. The Balaban J connectivity index is 1.86. The van der Waals surface area contributed by atoms with Gasteiger partial charge in [0.1, 0.15) is 5.75 Å². The molecule has 6 nitrogen and oxygen atoms in total. The Morgan fingerprint density at radius 1 is 1.19 bits per heavy atom. The smallest absolute Gasteiger partial charge is 0.277 e. The molecule has 0 heterocycles. The number of methoxy groups -OCH3 is 1. The molecule has 138 valence electrons. The van der Waals surface area contributed by atoms with Crippen LogP contribution in [0.5, 0.6) is 17.2 Å². The van der Waals surface area contributed by atoms with Crippen molar-refractivity contribution in [3.63, 3.8) is 0 Å². The summed E-state index contributed by atoms with van der Waals surface area (Å²) >= 11 is 0. The highest BCUT2D eigenvalue weighted by atomic mass is 16.5. The van der Waals surface area contributed by atoms with Gasteiger partial charge in [0.25, 0.3) is 5.91 Å². The molecule has 2 aromatic rings. The molecule has 1 amide bonds. The first-order valence-corrected chi connectivity index (χ1v) is 8.22. The highest BCUT2D eigenvalue weighted by Crippen LogP contribution is 2.28. The van der Waals surface area contributed by atoms with E-state index in [0.717, 1.165) is 0 Å². The van der Waals surface area contributed by atoms with Gasteiger partial charge in [0.05, 0.1) is 13.3 Å². The number of carbonyl (C=O) groups is 1. The lowest BCUT2D eigenvalue weighted by molar-refractivity contribution is -0.123. The Morgan fingerprint density at radius 3 is 2.50 bits per heavy atom. The van der Waals surface area contributed by atoms with Crippen LogP contribution in [-0.4, -0.2) is 30.9 Å². The maximum Gasteiger partial charge on any atom is 0.277 e. The number of phenols is 1. The molecule has 0 aliphatic carbocycles. The van der Waals surface area contributed by atoms with E-state index in [0.29, 0.717) is 17.1 Å². The topological polar surface area (TPSA) is 80.2 Å². The number of ether oxygens (including phenoxy) is 2. The Hall–Kier alpha value is -3.02. The molecule has 0 radical (unpaired) electrons. The van der Waals surface area contributed by atoms with Gasteiger partial charge in [-0.2, -0.15) is 5.10 Å². The van der Waals surface area contributed by atoms with Crippen LogP contribution in [0, 0.1) is 0 Å². The van der Waals surface area contributed by atoms with Crippen molar-refractivity contribution in [1.82, 2.24) is 5.43 Å². The van der Waals surface area contributed by atoms with Gasteiger partial charge in [-0.15, -0.1) is 0 Å². The lowest BCUT2D eigenvalue weighted by Gasteiger charge is -2.19. The zero-order chi connectivity index (χ0) is 19.2. The normalized spacial score (nSPS) is 11.4. The monoisotopic (exact) mass is 356 g/mol. The third-order valence-corrected chi connectivity index (χ3v) is 3.73. The summed E-state index contributed by atoms with van der Waals surface area (Å²) in [5.41, 5.74) is 4.05. The number of benzene rings is 2. The number of hydrogen-bond acceptors (Lipinski definition) is 5. The molecule has 0 aromatic heterocycles. The molecule has 2 N–H and O–H groups in total. The van der Waals surface area contributed by atoms with Crippen LogP contribution < -0.4 is 14.9 Å². The summed E-state index contributed by atoms with van der Waals surface area (Å²) in [5.74, 6) is 0.511. The average molecular weight is 356 g/mol. The molecule has 6 heteroatoms. The van der Waals surface area contributed by atoms with Crippen molar-refractivity contribution in [3.8, 4) is 17.2 Å². The molecule has 2 aromatic carbocycles. The molecule has 0 unspecified atom stereocenters. The molecular weight excluding hydrogens is 332 g/mol. The van der Waals surface area contributed by atoms with Gasteiger partial charge >= 0.3 is 0 Å². The fourth-order valence-corrected chi connectivity index (χ4v) is 2.21. The molecule has 26 heavy (non-hydrogen) atoms. The number of nitrogens with zero attached hydrogens (tertiary/aromatic N) is 1. The molecule has 0 aliphatic rings. The van der Waals surface area contributed by atoms with Crippen molar-refractivity contribution in [3.05, 3.63) is 53.6 Å². The number of amides is 1. The number of hydrazone groups is 1. The van der Waals surface area contributed by atoms with Gasteiger partial charge in [-0.25, -0.2) is 5.43 Å². The second-order valence-electron chi connectivity index (χ2n) is 6.75. The summed E-state index contributed by atoms with van der Waals surface area (Å²) in [5, 5.41) is 13.7. The number of phenolic OH excluding ortho intramolecular Hbond substituents is 1. The summed E-state index contributed by atoms with van der Waals surface area (Å²) in [6.45, 7) is 6.24. The second kappa shape index (κ2) is 8.38. The van der Waals surface area contributed by atoms with Crippen LogP contribution in [0.15, 0.2) is 47.6 Å². The first kappa shape index (κ1) is 19.3. The fraction of sp³-hybridized carbons (Fsp3) is 0.300. The van der Waals surface area contributed by atoms with Crippen LogP contribution in [0.1, 0.15) is 31.9 Å². The molecule has 0 aliphatic heterocycles. The summed E-state index contributed by atoms with van der Waals surface area (Å²) in [4.78, 5) is 11.8. The first-order valence-electron chi connectivity index (χ1n) is 8.22. The van der Waals surface area contributed by atoms with Gasteiger partial charge in [0.2, 0.25) is 0 Å². The average Bonchev–Trinajstić information content (AvgIpc) is 2.61. The number of rotatable bonds is 6. The van der Waals surface area contributed by atoms with Crippen LogP contribution in [0.25, 0.3) is 0 Å². The van der Waals surface area contributed by atoms with E-state index in [9.17, 15) is 9.90 Å². The quantitative estimate of drug-likeness (QED) is 0.615. The minimum atomic E-state index is -0.400. The van der Waals surface area contributed by atoms with E-state index in [2.05, 4.69) is 31.3 Å². The van der Waals surface area contributed by atoms with Crippen molar-refractivity contribution in [2.45, 2.75) is 26.2 Å². The number of nitrogens with one attached hydrogen (secondary N) is 1. The van der Waals surface area contributed by atoms with Gasteiger partial charge < -0.3 is 14.6 Å². The number of aromatic hydroxyl groups is 1. The SMILES string of the molecule is COc1cccc(C=NNC(=O)COc2ccc(C(C)(C)C)cc2)c1O. The van der Waals surface area contributed by atoms with Gasteiger partial charge in [0.15, 0.2) is 18.1 Å². The molecule has 0 spiro atoms. The Bertz CT molecular complexity index is 777. The Morgan fingerprint density at radius 2 is 1.88 bits per heavy atom. The minimum Gasteiger partial charge on any atom is -0.504 e. The molecule has 0 atom stereocenters. The van der Waals surface area contributed by atoms with E-state index in [-0.39, 0.29) is 17.8 Å². The largest absolute Gasteiger partial charge is 0.504 e. The molecule has 0 saturated carbocycles. The van der Waals surface area contributed by atoms with Crippen molar-refractivity contribution in [2.75, 3.05) is 13.7 Å². The summed E-state index contributed by atoms with van der Waals surface area (Å²) in [6, 6.07) is 12.6. The number of carbonyl (C=O) groups excluding carboxylic acids is 1. The van der Waals surface area contributed by atoms with Crippen LogP contribution in [-0.2, 0) is 10.2 Å². The highest BCUT2D eigenvalue weighted by Gasteiger charge is 2.13. The molecule has 0 saturated heterocycles. The molecular formula is C20H24N2O4. The second-order valence-corrected chi connectivity index (χ2v) is 6.75. The maximum absolute atomic E-state index is 11.8. The number of hydrogen-bond donors (Lipinski definition) is 2. The Labute approximate surface area is 153 Å². The van der Waals surface area contributed by atoms with E-state index in [1.54, 1.807) is 18.2 Å². The van der Waals surface area contributed by atoms with Gasteiger partial charge in [-0.1, -0.05) is 39.0 Å². The van der Waals surface area contributed by atoms with Crippen LogP contribution in [0.3, 0.4) is 0 Å². The summed E-state index contributed by atoms with van der Waals surface area (Å²) in [7, 11) is 1.46. The predicted octanol–water partition coefficient (Wildman–Crippen LogP) is 3.23. The van der Waals surface area contributed by atoms with Crippen LogP contribution >= 0.6 is 0 Å². The van der Waals surface area contributed by atoms with Crippen molar-refractivity contribution >= 4 is 12.1 Å². The third-order valence-electron chi connectivity index (χ3n) is 3.73. The first-order chi connectivity index (χ1) is 12.3. The van der Waals surface area contributed by atoms with Crippen LogP contribution in [0.4, 0.5) is 0 Å². The predicted molar refractivity (Wildman–Crippen MR) is 101 cm³/mol. The maximum atomic E-state index is 11.8. The standard InChI is InChI=1S/C20H24N2O4/c1-20(2,3)15-8-10-16(11-9-15)26-13-18(23)22-21-12-14-6-5-7-17(25-4)19(14)24/h5-12,24H,13H2,1-4H3,(H,22,23). The molecule has 0 fully saturated rings. The zero-order valence-electron chi connectivity index (χ0n) is 15.4. The zero-order valence-corrected chi connectivity index (χ0v) is 15.4. The van der Waals surface area contributed by atoms with Crippen molar-refractivity contribution < 1.29 is 19.4 Å². The van der Waals surface area contributed by atoms with E-state index in [1.165, 1.54) is 18.9 Å². The lowest BCUT2D eigenvalue weighted by atomic mass is 9.87. The van der Waals surface area contributed by atoms with E-state index in [1.807, 2.05) is 24.3 Å². The lowest BCUT2D eigenvalue weighted by Crippen LogP contribution is -2.24. The summed E-state index contributed by atoms with van der Waals surface area (Å²) < 4.78 is 10.5. The van der Waals surface area contributed by atoms with Crippen molar-refractivity contribution in [2.24, 2.45) is 5.10 Å². The fourth-order valence-electron chi connectivity index (χ4n) is 2.21. The minimum absolute atomic E-state index is 0.0387. The van der Waals surface area contributed by atoms with E-state index in [4.69, 9.17) is 9.47 Å². The van der Waals surface area contributed by atoms with Crippen LogP contribution in [0.2, 0.25) is 0 Å². The van der Waals surface area contributed by atoms with Gasteiger partial charge in [-0.05, 0) is 35.2 Å². The molecule has 0 bridgehead atoms. The molecule has 2 rings (SSSR count). The Kier molecular flexibility index (Phi) is 6.22. The van der Waals surface area contributed by atoms with E-state index >= 15 is 0 Å². The highest BCUT2D eigenvalue weighted by molar-refractivity contribution is 5.86. The van der Waals surface area contributed by atoms with Gasteiger partial charge in [-0.3, -0.25) is 4.79 Å². The van der Waals surface area contributed by atoms with Gasteiger partial charge in [0, 0.05) is 5.56 Å². The summed E-state index contributed by atoms with van der Waals surface area (Å²) in [6.07, 6.45) is 1.34.